The first-order valence-electron chi connectivity index (χ1n) is 9.60. The standard InChI is InChI=1S/C19H26N4O3/c24-18-21-17(22-26-18)16-6-5-15(13-20-16)25-12-4-11-23-10-3-9-19(14-23)7-1-2-8-19/h5-6,13H,1-4,7-12,14H2,(H,21,22,24). The third kappa shape index (κ3) is 3.98. The van der Waals surface area contributed by atoms with Crippen molar-refractivity contribution in [1.82, 2.24) is 20.0 Å². The van der Waals surface area contributed by atoms with Crippen molar-refractivity contribution in [2.75, 3.05) is 26.2 Å². The third-order valence-corrected chi connectivity index (χ3v) is 5.71. The van der Waals surface area contributed by atoms with Crippen LogP contribution in [0.15, 0.2) is 27.6 Å². The van der Waals surface area contributed by atoms with Crippen molar-refractivity contribution in [3.8, 4) is 17.3 Å². The molecule has 0 atom stereocenters. The number of rotatable bonds is 6. The van der Waals surface area contributed by atoms with Gasteiger partial charge < -0.3 is 9.64 Å². The van der Waals surface area contributed by atoms with E-state index in [1.807, 2.05) is 6.07 Å². The van der Waals surface area contributed by atoms with Gasteiger partial charge in [0.25, 0.3) is 0 Å². The summed E-state index contributed by atoms with van der Waals surface area (Å²) in [4.78, 5) is 20.3. The molecular weight excluding hydrogens is 332 g/mol. The highest BCUT2D eigenvalue weighted by Gasteiger charge is 2.37. The second-order valence-corrected chi connectivity index (χ2v) is 7.61. The Labute approximate surface area is 152 Å². The van der Waals surface area contributed by atoms with Gasteiger partial charge in [0, 0.05) is 13.1 Å². The molecule has 2 fully saturated rings. The van der Waals surface area contributed by atoms with Crippen LogP contribution in [0, 0.1) is 5.41 Å². The SMILES string of the molecule is O=c1[nH]c(-c2ccc(OCCCN3CCCC4(CCCC4)C3)cn2)no1. The Bertz CT molecular complexity index is 762. The van der Waals surface area contributed by atoms with Crippen LogP contribution in [0.3, 0.4) is 0 Å². The minimum absolute atomic E-state index is 0.326. The van der Waals surface area contributed by atoms with E-state index in [0.717, 1.165) is 18.7 Å². The molecule has 1 aliphatic carbocycles. The molecular formula is C19H26N4O3. The van der Waals surface area contributed by atoms with E-state index in [1.165, 1.54) is 51.6 Å². The van der Waals surface area contributed by atoms with E-state index in [-0.39, 0.29) is 0 Å². The maximum atomic E-state index is 11.0. The molecule has 0 bridgehead atoms. The summed E-state index contributed by atoms with van der Waals surface area (Å²) in [6, 6.07) is 3.60. The summed E-state index contributed by atoms with van der Waals surface area (Å²) in [5.74, 6) is 0.470. The summed E-state index contributed by atoms with van der Waals surface area (Å²) in [6.07, 6.45) is 11.1. The fraction of sp³-hybridized carbons (Fsp3) is 0.632. The number of hydrogen-bond donors (Lipinski definition) is 1. The summed E-state index contributed by atoms with van der Waals surface area (Å²) in [5.41, 5.74) is 1.18. The van der Waals surface area contributed by atoms with Gasteiger partial charge in [0.15, 0.2) is 0 Å². The molecule has 0 radical (unpaired) electrons. The van der Waals surface area contributed by atoms with Crippen LogP contribution >= 0.6 is 0 Å². The smallest absolute Gasteiger partial charge is 0.439 e. The first-order valence-corrected chi connectivity index (χ1v) is 9.60. The molecule has 3 heterocycles. The van der Waals surface area contributed by atoms with Gasteiger partial charge in [-0.3, -0.25) is 9.51 Å². The van der Waals surface area contributed by atoms with Crippen molar-refractivity contribution in [3.63, 3.8) is 0 Å². The van der Waals surface area contributed by atoms with Crippen molar-refractivity contribution in [2.45, 2.75) is 44.9 Å². The van der Waals surface area contributed by atoms with Crippen LogP contribution in [0.2, 0.25) is 0 Å². The van der Waals surface area contributed by atoms with Gasteiger partial charge in [-0.15, -0.1) is 0 Å². The lowest BCUT2D eigenvalue weighted by molar-refractivity contribution is 0.0883. The molecule has 26 heavy (non-hydrogen) atoms. The monoisotopic (exact) mass is 358 g/mol. The predicted octanol–water partition coefficient (Wildman–Crippen LogP) is 2.85. The Hall–Kier alpha value is -2.15. The third-order valence-electron chi connectivity index (χ3n) is 5.71. The van der Waals surface area contributed by atoms with E-state index in [9.17, 15) is 4.79 Å². The number of aromatic nitrogens is 3. The molecule has 140 valence electrons. The molecule has 1 saturated heterocycles. The minimum Gasteiger partial charge on any atom is -0.492 e. The quantitative estimate of drug-likeness (QED) is 0.800. The van der Waals surface area contributed by atoms with Gasteiger partial charge in [-0.1, -0.05) is 18.0 Å². The molecule has 7 nitrogen and oxygen atoms in total. The number of ether oxygens (including phenoxy) is 1. The van der Waals surface area contributed by atoms with Gasteiger partial charge in [0.2, 0.25) is 5.82 Å². The van der Waals surface area contributed by atoms with Crippen LogP contribution in [0.4, 0.5) is 0 Å². The fourth-order valence-electron chi connectivity index (χ4n) is 4.46. The molecule has 7 heteroatoms. The van der Waals surface area contributed by atoms with Crippen LogP contribution in [0.1, 0.15) is 44.9 Å². The van der Waals surface area contributed by atoms with Crippen LogP contribution in [-0.4, -0.2) is 46.3 Å². The first kappa shape index (κ1) is 17.3. The van der Waals surface area contributed by atoms with Gasteiger partial charge in [-0.2, -0.15) is 0 Å². The number of hydrogen-bond acceptors (Lipinski definition) is 6. The molecule has 1 aliphatic heterocycles. The summed E-state index contributed by atoms with van der Waals surface area (Å²) < 4.78 is 10.3. The van der Waals surface area contributed by atoms with Crippen LogP contribution in [0.25, 0.3) is 11.5 Å². The molecule has 1 N–H and O–H groups in total. The van der Waals surface area contributed by atoms with Crippen LogP contribution in [-0.2, 0) is 0 Å². The lowest BCUT2D eigenvalue weighted by Crippen LogP contribution is -2.42. The number of likely N-dealkylation sites (tertiary alicyclic amines) is 1. The molecule has 0 amide bonds. The molecule has 2 aromatic rings. The Morgan fingerprint density at radius 3 is 2.81 bits per heavy atom. The Morgan fingerprint density at radius 1 is 1.23 bits per heavy atom. The highest BCUT2D eigenvalue weighted by molar-refractivity contribution is 5.48. The topological polar surface area (TPSA) is 84.3 Å². The molecule has 2 aromatic heterocycles. The summed E-state index contributed by atoms with van der Waals surface area (Å²) in [6.45, 7) is 4.30. The number of aromatic amines is 1. The Kier molecular flexibility index (Phi) is 5.06. The number of piperidine rings is 1. The number of pyridine rings is 1. The maximum Gasteiger partial charge on any atom is 0.439 e. The normalized spacial score (nSPS) is 19.8. The molecule has 1 spiro atoms. The molecule has 1 saturated carbocycles. The average Bonchev–Trinajstić information content (AvgIpc) is 3.29. The highest BCUT2D eigenvalue weighted by atomic mass is 16.5. The zero-order valence-corrected chi connectivity index (χ0v) is 15.1. The van der Waals surface area contributed by atoms with E-state index in [4.69, 9.17) is 4.74 Å². The van der Waals surface area contributed by atoms with Gasteiger partial charge in [-0.25, -0.2) is 9.78 Å². The van der Waals surface area contributed by atoms with E-state index < -0.39 is 5.76 Å². The van der Waals surface area contributed by atoms with Gasteiger partial charge in [-0.05, 0) is 56.2 Å². The van der Waals surface area contributed by atoms with E-state index in [2.05, 4.69) is 24.5 Å². The lowest BCUT2D eigenvalue weighted by atomic mass is 9.78. The predicted molar refractivity (Wildman–Crippen MR) is 97.0 cm³/mol. The summed E-state index contributed by atoms with van der Waals surface area (Å²) in [7, 11) is 0. The number of H-pyrrole nitrogens is 1. The lowest BCUT2D eigenvalue weighted by Gasteiger charge is -2.40. The van der Waals surface area contributed by atoms with Gasteiger partial charge in [0.1, 0.15) is 11.4 Å². The van der Waals surface area contributed by atoms with Crippen LogP contribution in [0.5, 0.6) is 5.75 Å². The van der Waals surface area contributed by atoms with Crippen molar-refractivity contribution in [3.05, 3.63) is 28.9 Å². The summed E-state index contributed by atoms with van der Waals surface area (Å²) in [5, 5.41) is 3.62. The Morgan fingerprint density at radius 2 is 2.08 bits per heavy atom. The van der Waals surface area contributed by atoms with Crippen LogP contribution < -0.4 is 10.5 Å². The zero-order valence-electron chi connectivity index (χ0n) is 15.1. The van der Waals surface area contributed by atoms with Gasteiger partial charge >= 0.3 is 5.76 Å². The second kappa shape index (κ2) is 7.61. The van der Waals surface area contributed by atoms with E-state index >= 15 is 0 Å². The highest BCUT2D eigenvalue weighted by Crippen LogP contribution is 2.44. The molecule has 2 aliphatic rings. The number of nitrogens with zero attached hydrogens (tertiary/aromatic N) is 3. The first-order chi connectivity index (χ1) is 12.7. The fourth-order valence-corrected chi connectivity index (χ4v) is 4.46. The maximum absolute atomic E-state index is 11.0. The number of nitrogens with one attached hydrogen (secondary N) is 1. The average molecular weight is 358 g/mol. The van der Waals surface area contributed by atoms with Crippen molar-refractivity contribution in [2.24, 2.45) is 5.41 Å². The minimum atomic E-state index is -0.584. The Balaban J connectivity index is 1.22. The zero-order chi connectivity index (χ0) is 17.8. The van der Waals surface area contributed by atoms with Crippen molar-refractivity contribution < 1.29 is 9.26 Å². The largest absolute Gasteiger partial charge is 0.492 e. The summed E-state index contributed by atoms with van der Waals surface area (Å²) >= 11 is 0. The van der Waals surface area contributed by atoms with E-state index in [1.54, 1.807) is 12.3 Å². The molecule has 4 rings (SSSR count). The van der Waals surface area contributed by atoms with Crippen molar-refractivity contribution in [1.29, 1.82) is 0 Å². The second-order valence-electron chi connectivity index (χ2n) is 7.61. The van der Waals surface area contributed by atoms with E-state index in [0.29, 0.717) is 23.5 Å². The van der Waals surface area contributed by atoms with Gasteiger partial charge in [0.05, 0.1) is 12.8 Å². The van der Waals surface area contributed by atoms with Crippen molar-refractivity contribution >= 4 is 0 Å². The molecule has 0 unspecified atom stereocenters. The molecule has 0 aromatic carbocycles.